The van der Waals surface area contributed by atoms with E-state index >= 15 is 0 Å². The van der Waals surface area contributed by atoms with Gasteiger partial charge in [-0.1, -0.05) is 30.3 Å². The second kappa shape index (κ2) is 10.3. The van der Waals surface area contributed by atoms with Crippen molar-refractivity contribution in [2.75, 3.05) is 20.8 Å². The molecule has 0 aliphatic carbocycles. The van der Waals surface area contributed by atoms with Gasteiger partial charge in [0.15, 0.2) is 0 Å². The molecule has 0 radical (unpaired) electrons. The van der Waals surface area contributed by atoms with Crippen LogP contribution in [0, 0.1) is 0 Å². The minimum absolute atomic E-state index is 0.353. The molecule has 0 saturated heterocycles. The molecular weight excluding hydrogens is 422 g/mol. The summed E-state index contributed by atoms with van der Waals surface area (Å²) in [6, 6.07) is 20.6. The molecule has 0 saturated carbocycles. The summed E-state index contributed by atoms with van der Waals surface area (Å²) in [6.45, 7) is 0.428. The minimum atomic E-state index is -0.552. The van der Waals surface area contributed by atoms with E-state index in [4.69, 9.17) is 14.2 Å². The van der Waals surface area contributed by atoms with Crippen LogP contribution < -0.4 is 19.5 Å². The summed E-state index contributed by atoms with van der Waals surface area (Å²) in [6.07, 6.45) is 1.58. The quantitative estimate of drug-likeness (QED) is 0.442. The topological polar surface area (TPSA) is 100 Å². The molecule has 9 nitrogen and oxygen atoms in total. The van der Waals surface area contributed by atoms with Crippen LogP contribution in [0.5, 0.6) is 17.2 Å². The first-order valence-electron chi connectivity index (χ1n) is 10.3. The molecule has 1 aromatic heterocycles. The average molecular weight is 445 g/mol. The highest BCUT2D eigenvalue weighted by atomic mass is 16.6. The van der Waals surface area contributed by atoms with E-state index in [0.29, 0.717) is 30.2 Å². The first-order valence-corrected chi connectivity index (χ1v) is 10.3. The summed E-state index contributed by atoms with van der Waals surface area (Å²) in [5.41, 5.74) is 3.36. The number of carbonyl (C=O) groups excluding carboxylic acids is 1. The molecule has 0 fully saturated rings. The highest BCUT2D eigenvalue weighted by Gasteiger charge is 2.13. The molecule has 1 N–H and O–H groups in total. The molecule has 0 spiro atoms. The zero-order valence-corrected chi connectivity index (χ0v) is 18.3. The van der Waals surface area contributed by atoms with Crippen LogP contribution in [0.3, 0.4) is 0 Å². The molecule has 4 aromatic rings. The Kier molecular flexibility index (Phi) is 6.79. The van der Waals surface area contributed by atoms with Crippen molar-refractivity contribution in [1.82, 2.24) is 25.5 Å². The molecule has 1 heterocycles. The SMILES string of the molecule is COc1ccc(CCNC(=O)Oc2cc(-c3ccccc3OC)cc(-n3cnnn3)c2)cc1. The van der Waals surface area contributed by atoms with Crippen LogP contribution in [-0.4, -0.2) is 47.1 Å². The second-order valence-corrected chi connectivity index (χ2v) is 7.08. The first-order chi connectivity index (χ1) is 16.2. The number of hydrogen-bond acceptors (Lipinski definition) is 7. The number of ether oxygens (including phenoxy) is 3. The molecule has 0 aliphatic heterocycles. The Morgan fingerprint density at radius 1 is 0.970 bits per heavy atom. The van der Waals surface area contributed by atoms with Crippen molar-refractivity contribution in [2.24, 2.45) is 0 Å². The van der Waals surface area contributed by atoms with Crippen molar-refractivity contribution in [2.45, 2.75) is 6.42 Å². The summed E-state index contributed by atoms with van der Waals surface area (Å²) < 4.78 is 17.7. The zero-order chi connectivity index (χ0) is 23.0. The number of rotatable bonds is 8. The van der Waals surface area contributed by atoms with Gasteiger partial charge in [-0.2, -0.15) is 0 Å². The smallest absolute Gasteiger partial charge is 0.412 e. The van der Waals surface area contributed by atoms with Crippen LogP contribution >= 0.6 is 0 Å². The predicted octanol–water partition coefficient (Wildman–Crippen LogP) is 3.68. The van der Waals surface area contributed by atoms with E-state index in [0.717, 1.165) is 22.4 Å². The lowest BCUT2D eigenvalue weighted by Gasteiger charge is -2.13. The minimum Gasteiger partial charge on any atom is -0.497 e. The molecule has 4 rings (SSSR count). The fourth-order valence-corrected chi connectivity index (χ4v) is 3.34. The van der Waals surface area contributed by atoms with Gasteiger partial charge in [-0.3, -0.25) is 0 Å². The third kappa shape index (κ3) is 5.45. The number of carbonyl (C=O) groups is 1. The molecule has 3 aromatic carbocycles. The van der Waals surface area contributed by atoms with Gasteiger partial charge in [0.2, 0.25) is 0 Å². The number of nitrogens with one attached hydrogen (secondary N) is 1. The summed E-state index contributed by atoms with van der Waals surface area (Å²) in [5.74, 6) is 1.84. The van der Waals surface area contributed by atoms with Crippen LogP contribution in [0.1, 0.15) is 5.56 Å². The highest BCUT2D eigenvalue weighted by Crippen LogP contribution is 2.33. The van der Waals surface area contributed by atoms with Crippen molar-refractivity contribution < 1.29 is 19.0 Å². The van der Waals surface area contributed by atoms with E-state index in [1.54, 1.807) is 26.4 Å². The van der Waals surface area contributed by atoms with E-state index < -0.39 is 6.09 Å². The highest BCUT2D eigenvalue weighted by molar-refractivity contribution is 5.76. The maximum atomic E-state index is 12.4. The van der Waals surface area contributed by atoms with Crippen LogP contribution in [-0.2, 0) is 6.42 Å². The third-order valence-corrected chi connectivity index (χ3v) is 4.98. The van der Waals surface area contributed by atoms with Crippen molar-refractivity contribution in [3.63, 3.8) is 0 Å². The fourth-order valence-electron chi connectivity index (χ4n) is 3.34. The Bertz CT molecular complexity index is 1210. The maximum Gasteiger partial charge on any atom is 0.412 e. The van der Waals surface area contributed by atoms with Gasteiger partial charge in [0.25, 0.3) is 0 Å². The second-order valence-electron chi connectivity index (χ2n) is 7.08. The normalized spacial score (nSPS) is 10.5. The molecule has 0 unspecified atom stereocenters. The number of hydrogen-bond donors (Lipinski definition) is 1. The van der Waals surface area contributed by atoms with Crippen molar-refractivity contribution in [3.05, 3.63) is 78.6 Å². The number of tetrazole rings is 1. The fraction of sp³-hybridized carbons (Fsp3) is 0.167. The van der Waals surface area contributed by atoms with Gasteiger partial charge in [-0.05, 0) is 58.3 Å². The maximum absolute atomic E-state index is 12.4. The molecule has 1 amide bonds. The van der Waals surface area contributed by atoms with Gasteiger partial charge in [0.05, 0.1) is 19.9 Å². The lowest BCUT2D eigenvalue weighted by Crippen LogP contribution is -2.28. The van der Waals surface area contributed by atoms with Crippen LogP contribution in [0.2, 0.25) is 0 Å². The summed E-state index contributed by atoms with van der Waals surface area (Å²) in [7, 11) is 3.23. The van der Waals surface area contributed by atoms with Crippen molar-refractivity contribution in [3.8, 4) is 34.1 Å². The van der Waals surface area contributed by atoms with Crippen LogP contribution in [0.15, 0.2) is 73.1 Å². The predicted molar refractivity (Wildman–Crippen MR) is 122 cm³/mol. The molecule has 0 bridgehead atoms. The van der Waals surface area contributed by atoms with Gasteiger partial charge in [-0.15, -0.1) is 5.10 Å². The third-order valence-electron chi connectivity index (χ3n) is 4.98. The monoisotopic (exact) mass is 445 g/mol. The van der Waals surface area contributed by atoms with Crippen molar-refractivity contribution >= 4 is 6.09 Å². The Labute approximate surface area is 190 Å². The number of nitrogens with zero attached hydrogens (tertiary/aromatic N) is 4. The summed E-state index contributed by atoms with van der Waals surface area (Å²) in [5, 5.41) is 14.1. The molecular formula is C24H23N5O4. The first kappa shape index (κ1) is 21.8. The zero-order valence-electron chi connectivity index (χ0n) is 18.3. The molecule has 0 aliphatic rings. The van der Waals surface area contributed by atoms with Gasteiger partial charge in [0, 0.05) is 18.2 Å². The van der Waals surface area contributed by atoms with E-state index in [1.165, 1.54) is 11.0 Å². The Morgan fingerprint density at radius 2 is 1.79 bits per heavy atom. The van der Waals surface area contributed by atoms with Crippen LogP contribution in [0.4, 0.5) is 4.79 Å². The molecule has 0 atom stereocenters. The number of aromatic nitrogens is 4. The largest absolute Gasteiger partial charge is 0.497 e. The number of para-hydroxylation sites is 1. The number of benzene rings is 3. The number of amides is 1. The number of methoxy groups -OCH3 is 2. The van der Waals surface area contributed by atoms with Gasteiger partial charge in [-0.25, -0.2) is 9.48 Å². The molecule has 168 valence electrons. The van der Waals surface area contributed by atoms with E-state index in [2.05, 4.69) is 20.8 Å². The van der Waals surface area contributed by atoms with Gasteiger partial charge < -0.3 is 19.5 Å². The van der Waals surface area contributed by atoms with Gasteiger partial charge >= 0.3 is 6.09 Å². The Hall–Kier alpha value is -4.40. The Balaban J connectivity index is 1.50. The Morgan fingerprint density at radius 3 is 2.52 bits per heavy atom. The molecule has 33 heavy (non-hydrogen) atoms. The molecule has 9 heteroatoms. The lowest BCUT2D eigenvalue weighted by atomic mass is 10.0. The average Bonchev–Trinajstić information content (AvgIpc) is 3.39. The summed E-state index contributed by atoms with van der Waals surface area (Å²) >= 11 is 0. The van der Waals surface area contributed by atoms with Crippen LogP contribution in [0.25, 0.3) is 16.8 Å². The summed E-state index contributed by atoms with van der Waals surface area (Å²) in [4.78, 5) is 12.4. The van der Waals surface area contributed by atoms with E-state index in [9.17, 15) is 4.79 Å². The van der Waals surface area contributed by atoms with Gasteiger partial charge in [0.1, 0.15) is 23.6 Å². The standard InChI is InChI=1S/C24H23N5O4/c1-31-20-9-7-17(8-10-20)11-12-25-24(30)33-21-14-18(22-5-3-4-6-23(22)32-2)13-19(15-21)29-16-26-27-28-29/h3-10,13-16H,11-12H2,1-2H3,(H,25,30). The lowest BCUT2D eigenvalue weighted by molar-refractivity contribution is 0.200. The van der Waals surface area contributed by atoms with Crippen molar-refractivity contribution in [1.29, 1.82) is 0 Å². The van der Waals surface area contributed by atoms with E-state index in [-0.39, 0.29) is 0 Å². The van der Waals surface area contributed by atoms with E-state index in [1.807, 2.05) is 54.6 Å².